The second-order valence-electron chi connectivity index (χ2n) is 9.68. The van der Waals surface area contributed by atoms with Crippen LogP contribution in [-0.2, 0) is 38.2 Å². The maximum absolute atomic E-state index is 12.7. The van der Waals surface area contributed by atoms with Crippen LogP contribution >= 0.6 is 0 Å². The van der Waals surface area contributed by atoms with Crippen LogP contribution in [0.15, 0.2) is 48.6 Å². The van der Waals surface area contributed by atoms with E-state index >= 15 is 0 Å². The first-order valence-electron chi connectivity index (χ1n) is 12.9. The number of aliphatic hydroxyl groups is 1. The van der Waals surface area contributed by atoms with Gasteiger partial charge in [0.2, 0.25) is 5.60 Å². The van der Waals surface area contributed by atoms with Crippen molar-refractivity contribution in [3.05, 3.63) is 59.7 Å². The third-order valence-electron chi connectivity index (χ3n) is 6.43. The predicted octanol–water partition coefficient (Wildman–Crippen LogP) is 1.45. The molecule has 0 saturated heterocycles. The van der Waals surface area contributed by atoms with Gasteiger partial charge in [-0.2, -0.15) is 0 Å². The van der Waals surface area contributed by atoms with Crippen molar-refractivity contribution in [2.45, 2.75) is 49.6 Å². The third-order valence-corrected chi connectivity index (χ3v) is 6.43. The van der Waals surface area contributed by atoms with E-state index in [9.17, 15) is 54.6 Å². The second kappa shape index (κ2) is 14.1. The van der Waals surface area contributed by atoms with Crippen molar-refractivity contribution in [1.82, 2.24) is 0 Å². The van der Waals surface area contributed by atoms with Crippen LogP contribution < -0.4 is 0 Å². The van der Waals surface area contributed by atoms with E-state index in [1.165, 1.54) is 18.2 Å². The van der Waals surface area contributed by atoms with Crippen molar-refractivity contribution in [2.24, 2.45) is 0 Å². The lowest BCUT2D eigenvalue weighted by atomic mass is 9.79. The lowest BCUT2D eigenvalue weighted by Crippen LogP contribution is -2.59. The summed E-state index contributed by atoms with van der Waals surface area (Å²) in [5.74, 6) is -8.30. The molecule has 2 aromatic rings. The number of ether oxygens (including phenoxy) is 3. The van der Waals surface area contributed by atoms with Crippen molar-refractivity contribution in [3.63, 3.8) is 0 Å². The topological polar surface area (TPSA) is 255 Å². The molecule has 1 fully saturated rings. The van der Waals surface area contributed by atoms with Gasteiger partial charge in [-0.3, -0.25) is 9.59 Å². The van der Waals surface area contributed by atoms with Gasteiger partial charge in [-0.25, -0.2) is 14.4 Å². The molecule has 2 aromatic carbocycles. The van der Waals surface area contributed by atoms with Crippen molar-refractivity contribution >= 4 is 42.0 Å². The van der Waals surface area contributed by atoms with Crippen LogP contribution in [0.4, 0.5) is 0 Å². The van der Waals surface area contributed by atoms with Gasteiger partial charge in [-0.1, -0.05) is 12.1 Å². The number of carboxylic acid groups (broad SMARTS) is 2. The van der Waals surface area contributed by atoms with E-state index in [0.717, 1.165) is 42.5 Å². The SMILES string of the molecule is O=C(O)CCC(=O)OC1CC(OC(=O)/C=C/c2ccc(O)c(O)c2)(C(=O)O)CC(OC(=O)/C=C/c2ccc(O)c(O)c2)C1O. The zero-order valence-corrected chi connectivity index (χ0v) is 22.7. The van der Waals surface area contributed by atoms with Gasteiger partial charge in [0.1, 0.15) is 18.3 Å². The van der Waals surface area contributed by atoms with Gasteiger partial charge in [0.15, 0.2) is 23.0 Å². The number of aliphatic carboxylic acids is 2. The molecule has 4 unspecified atom stereocenters. The largest absolute Gasteiger partial charge is 0.504 e. The quantitative estimate of drug-likeness (QED) is 0.0816. The van der Waals surface area contributed by atoms with Crippen molar-refractivity contribution in [2.75, 3.05) is 0 Å². The van der Waals surface area contributed by atoms with Gasteiger partial charge in [0.25, 0.3) is 0 Å². The number of hydrogen-bond donors (Lipinski definition) is 7. The Morgan fingerprint density at radius 2 is 1.23 bits per heavy atom. The van der Waals surface area contributed by atoms with Crippen LogP contribution in [0, 0.1) is 0 Å². The lowest BCUT2D eigenvalue weighted by molar-refractivity contribution is -0.213. The highest BCUT2D eigenvalue weighted by Gasteiger charge is 2.56. The first-order chi connectivity index (χ1) is 20.7. The number of carbonyl (C=O) groups excluding carboxylic acids is 3. The number of carbonyl (C=O) groups is 5. The number of hydrogen-bond acceptors (Lipinski definition) is 13. The molecule has 1 saturated carbocycles. The average molecular weight is 617 g/mol. The highest BCUT2D eigenvalue weighted by Crippen LogP contribution is 2.37. The fourth-order valence-electron chi connectivity index (χ4n) is 4.21. The number of esters is 3. The summed E-state index contributed by atoms with van der Waals surface area (Å²) in [4.78, 5) is 60.8. The smallest absolute Gasteiger partial charge is 0.348 e. The molecule has 7 N–H and O–H groups in total. The predicted molar refractivity (Wildman–Crippen MR) is 146 cm³/mol. The summed E-state index contributed by atoms with van der Waals surface area (Å²) >= 11 is 0. The Labute approximate surface area is 248 Å². The normalized spacial score (nSPS) is 21.5. The summed E-state index contributed by atoms with van der Waals surface area (Å²) < 4.78 is 15.6. The molecule has 44 heavy (non-hydrogen) atoms. The molecule has 234 valence electrons. The number of phenols is 4. The van der Waals surface area contributed by atoms with Crippen molar-refractivity contribution in [3.8, 4) is 23.0 Å². The number of phenolic OH excluding ortho intramolecular Hbond substituents is 4. The average Bonchev–Trinajstić information content (AvgIpc) is 2.95. The molecular formula is C29H28O15. The molecule has 0 bridgehead atoms. The molecule has 0 radical (unpaired) electrons. The van der Waals surface area contributed by atoms with Gasteiger partial charge < -0.3 is 50.0 Å². The van der Waals surface area contributed by atoms with E-state index in [4.69, 9.17) is 19.3 Å². The van der Waals surface area contributed by atoms with E-state index in [2.05, 4.69) is 0 Å². The zero-order chi connectivity index (χ0) is 32.6. The van der Waals surface area contributed by atoms with E-state index in [1.807, 2.05) is 0 Å². The number of aromatic hydroxyl groups is 4. The molecule has 0 aliphatic heterocycles. The molecule has 15 nitrogen and oxygen atoms in total. The first-order valence-corrected chi connectivity index (χ1v) is 12.9. The Balaban J connectivity index is 1.85. The van der Waals surface area contributed by atoms with Gasteiger partial charge in [0.05, 0.1) is 12.8 Å². The van der Waals surface area contributed by atoms with Crippen LogP contribution in [0.2, 0.25) is 0 Å². The molecule has 1 aliphatic carbocycles. The molecule has 3 rings (SSSR count). The summed E-state index contributed by atoms with van der Waals surface area (Å²) in [7, 11) is 0. The number of rotatable bonds is 11. The van der Waals surface area contributed by atoms with E-state index in [-0.39, 0.29) is 11.1 Å². The van der Waals surface area contributed by atoms with Crippen molar-refractivity contribution in [1.29, 1.82) is 0 Å². The summed E-state index contributed by atoms with van der Waals surface area (Å²) in [6.07, 6.45) is -4.10. The summed E-state index contributed by atoms with van der Waals surface area (Å²) in [6, 6.07) is 7.22. The van der Waals surface area contributed by atoms with Crippen LogP contribution in [0.3, 0.4) is 0 Å². The molecule has 0 amide bonds. The van der Waals surface area contributed by atoms with E-state index in [0.29, 0.717) is 0 Å². The monoisotopic (exact) mass is 616 g/mol. The van der Waals surface area contributed by atoms with Crippen LogP contribution in [-0.4, -0.2) is 89.5 Å². The molecule has 0 aromatic heterocycles. The Morgan fingerprint density at radius 3 is 1.70 bits per heavy atom. The fraction of sp³-hybridized carbons (Fsp3) is 0.276. The second-order valence-corrected chi connectivity index (χ2v) is 9.68. The van der Waals surface area contributed by atoms with Crippen LogP contribution in [0.1, 0.15) is 36.8 Å². The maximum atomic E-state index is 12.7. The fourth-order valence-corrected chi connectivity index (χ4v) is 4.21. The number of benzene rings is 2. The van der Waals surface area contributed by atoms with Gasteiger partial charge in [-0.15, -0.1) is 0 Å². The minimum atomic E-state index is -2.51. The molecule has 0 spiro atoms. The van der Waals surface area contributed by atoms with Gasteiger partial charge >= 0.3 is 29.8 Å². The van der Waals surface area contributed by atoms with E-state index in [1.54, 1.807) is 0 Å². The van der Waals surface area contributed by atoms with Gasteiger partial charge in [-0.05, 0) is 47.5 Å². The summed E-state index contributed by atoms with van der Waals surface area (Å²) in [5, 5.41) is 67.8. The number of carboxylic acids is 2. The minimum absolute atomic E-state index is 0.228. The summed E-state index contributed by atoms with van der Waals surface area (Å²) in [6.45, 7) is 0. The highest BCUT2D eigenvalue weighted by atomic mass is 16.6. The minimum Gasteiger partial charge on any atom is -0.504 e. The lowest BCUT2D eigenvalue weighted by Gasteiger charge is -2.42. The van der Waals surface area contributed by atoms with Crippen molar-refractivity contribution < 1.29 is 73.9 Å². The Bertz CT molecular complexity index is 1490. The zero-order valence-electron chi connectivity index (χ0n) is 22.7. The van der Waals surface area contributed by atoms with Crippen LogP contribution in [0.5, 0.6) is 23.0 Å². The Kier molecular flexibility index (Phi) is 10.5. The standard InChI is InChI=1S/C29H28O15/c30-17-5-1-15(11-19(17)32)3-8-24(36)42-21-13-29(28(40)41,14-22(27(21)39)43-25(37)10-7-23(34)35)44-26(38)9-4-16-2-6-18(31)20(33)12-16/h1-6,8-9,11-12,21-22,27,30-33,39H,7,10,13-14H2,(H,34,35)(H,40,41)/b8-3+,9-4+. The molecule has 15 heteroatoms. The highest BCUT2D eigenvalue weighted by molar-refractivity contribution is 5.91. The molecule has 0 heterocycles. The summed E-state index contributed by atoms with van der Waals surface area (Å²) in [5.41, 5.74) is -2.02. The maximum Gasteiger partial charge on any atom is 0.348 e. The Hall–Kier alpha value is -5.57. The molecule has 1 aliphatic rings. The van der Waals surface area contributed by atoms with E-state index < -0.39 is 102 Å². The Morgan fingerprint density at radius 1 is 0.727 bits per heavy atom. The molecule has 4 atom stereocenters. The van der Waals surface area contributed by atoms with Crippen LogP contribution in [0.25, 0.3) is 12.2 Å². The molecular weight excluding hydrogens is 588 g/mol. The van der Waals surface area contributed by atoms with Gasteiger partial charge in [0, 0.05) is 25.0 Å². The first kappa shape index (κ1) is 32.9. The number of aliphatic hydroxyl groups excluding tert-OH is 1. The third kappa shape index (κ3) is 8.72.